The molecule has 1 aliphatic carbocycles. The van der Waals surface area contributed by atoms with Gasteiger partial charge < -0.3 is 5.32 Å². The van der Waals surface area contributed by atoms with Gasteiger partial charge in [-0.15, -0.1) is 0 Å². The highest BCUT2D eigenvalue weighted by molar-refractivity contribution is 5.91. The average molecular weight is 271 g/mol. The first-order valence-electron chi connectivity index (χ1n) is 7.81. The van der Waals surface area contributed by atoms with Crippen LogP contribution in [0.5, 0.6) is 0 Å². The Morgan fingerprint density at radius 3 is 2.55 bits per heavy atom. The van der Waals surface area contributed by atoms with Crippen LogP contribution in [-0.2, 0) is 4.79 Å². The van der Waals surface area contributed by atoms with Crippen LogP contribution >= 0.6 is 0 Å². The summed E-state index contributed by atoms with van der Waals surface area (Å²) in [6, 6.07) is 10.3. The number of nitrogens with one attached hydrogen (secondary N) is 1. The van der Waals surface area contributed by atoms with Gasteiger partial charge in [0.2, 0.25) is 5.91 Å². The highest BCUT2D eigenvalue weighted by Gasteiger charge is 2.20. The van der Waals surface area contributed by atoms with Crippen molar-refractivity contribution in [1.29, 1.82) is 0 Å². The lowest BCUT2D eigenvalue weighted by Crippen LogP contribution is -2.36. The van der Waals surface area contributed by atoms with Gasteiger partial charge in [-0.2, -0.15) is 0 Å². The van der Waals surface area contributed by atoms with Gasteiger partial charge in [0, 0.05) is 12.1 Å². The van der Waals surface area contributed by atoms with Gasteiger partial charge in [-0.25, -0.2) is 0 Å². The van der Waals surface area contributed by atoms with Crippen molar-refractivity contribution >= 4 is 12.0 Å². The van der Waals surface area contributed by atoms with Gasteiger partial charge in [0.1, 0.15) is 0 Å². The molecule has 2 nitrogen and oxygen atoms in total. The van der Waals surface area contributed by atoms with Crippen molar-refractivity contribution < 1.29 is 4.79 Å². The first kappa shape index (κ1) is 14.8. The van der Waals surface area contributed by atoms with E-state index in [0.29, 0.717) is 6.04 Å². The number of carbonyl (C=O) groups is 1. The normalized spacial score (nSPS) is 22.9. The second-order valence-electron chi connectivity index (χ2n) is 5.76. The van der Waals surface area contributed by atoms with E-state index in [-0.39, 0.29) is 5.91 Å². The zero-order chi connectivity index (χ0) is 14.2. The van der Waals surface area contributed by atoms with Crippen LogP contribution in [0.2, 0.25) is 0 Å². The number of amides is 1. The van der Waals surface area contributed by atoms with Crippen molar-refractivity contribution in [2.75, 3.05) is 0 Å². The lowest BCUT2D eigenvalue weighted by atomic mass is 9.83. The second-order valence-corrected chi connectivity index (χ2v) is 5.76. The summed E-state index contributed by atoms with van der Waals surface area (Å²) in [5, 5.41) is 3.13. The van der Waals surface area contributed by atoms with Crippen molar-refractivity contribution in [3.8, 4) is 0 Å². The molecular weight excluding hydrogens is 246 g/mol. The lowest BCUT2D eigenvalue weighted by molar-refractivity contribution is -0.117. The minimum atomic E-state index is 0.0350. The molecule has 0 heterocycles. The molecule has 0 radical (unpaired) electrons. The molecule has 1 aliphatic rings. The fraction of sp³-hybridized carbons (Fsp3) is 0.500. The number of hydrogen-bond donors (Lipinski definition) is 1. The minimum absolute atomic E-state index is 0.0350. The van der Waals surface area contributed by atoms with Gasteiger partial charge in [0.25, 0.3) is 0 Å². The predicted molar refractivity (Wildman–Crippen MR) is 84.3 cm³/mol. The quantitative estimate of drug-likeness (QED) is 0.800. The molecule has 2 rings (SSSR count). The van der Waals surface area contributed by atoms with Gasteiger partial charge in [-0.1, -0.05) is 50.1 Å². The van der Waals surface area contributed by atoms with Crippen LogP contribution in [0.1, 0.15) is 51.0 Å². The Morgan fingerprint density at radius 1 is 1.20 bits per heavy atom. The Bertz CT molecular complexity index is 430. The molecule has 0 bridgehead atoms. The molecule has 0 saturated heterocycles. The van der Waals surface area contributed by atoms with E-state index in [1.165, 1.54) is 25.7 Å². The highest BCUT2D eigenvalue weighted by Crippen LogP contribution is 2.27. The molecule has 1 aromatic carbocycles. The first-order chi connectivity index (χ1) is 9.78. The Morgan fingerprint density at radius 2 is 1.90 bits per heavy atom. The summed E-state index contributed by atoms with van der Waals surface area (Å²) in [5.41, 5.74) is 1.06. The van der Waals surface area contributed by atoms with Crippen molar-refractivity contribution in [2.45, 2.75) is 51.5 Å². The zero-order valence-corrected chi connectivity index (χ0v) is 12.3. The average Bonchev–Trinajstić information content (AvgIpc) is 2.49. The molecule has 1 amide bonds. The van der Waals surface area contributed by atoms with Crippen molar-refractivity contribution in [3.05, 3.63) is 42.0 Å². The van der Waals surface area contributed by atoms with E-state index in [2.05, 4.69) is 12.2 Å². The third-order valence-corrected chi connectivity index (χ3v) is 4.12. The highest BCUT2D eigenvalue weighted by atomic mass is 16.1. The molecule has 2 heteroatoms. The van der Waals surface area contributed by atoms with Crippen LogP contribution < -0.4 is 5.32 Å². The van der Waals surface area contributed by atoms with Crippen LogP contribution in [0.3, 0.4) is 0 Å². The van der Waals surface area contributed by atoms with Gasteiger partial charge in [0.05, 0.1) is 0 Å². The van der Waals surface area contributed by atoms with Crippen molar-refractivity contribution in [2.24, 2.45) is 5.92 Å². The summed E-state index contributed by atoms with van der Waals surface area (Å²) in [6.07, 6.45) is 10.9. The summed E-state index contributed by atoms with van der Waals surface area (Å²) < 4.78 is 0. The van der Waals surface area contributed by atoms with E-state index in [1.54, 1.807) is 6.08 Å². The summed E-state index contributed by atoms with van der Waals surface area (Å²) in [6.45, 7) is 2.25. The molecule has 20 heavy (non-hydrogen) atoms. The van der Waals surface area contributed by atoms with Gasteiger partial charge in [-0.3, -0.25) is 4.79 Å². The molecule has 108 valence electrons. The van der Waals surface area contributed by atoms with E-state index in [4.69, 9.17) is 0 Å². The van der Waals surface area contributed by atoms with E-state index in [0.717, 1.165) is 24.3 Å². The molecule has 0 atom stereocenters. The maximum atomic E-state index is 11.9. The molecule has 1 N–H and O–H groups in total. The van der Waals surface area contributed by atoms with Crippen LogP contribution in [0.25, 0.3) is 6.08 Å². The van der Waals surface area contributed by atoms with E-state index < -0.39 is 0 Å². The largest absolute Gasteiger partial charge is 0.350 e. The van der Waals surface area contributed by atoms with Gasteiger partial charge in [-0.05, 0) is 43.2 Å². The molecule has 0 spiro atoms. The van der Waals surface area contributed by atoms with Gasteiger partial charge in [0.15, 0.2) is 0 Å². The monoisotopic (exact) mass is 271 g/mol. The summed E-state index contributed by atoms with van der Waals surface area (Å²) in [7, 11) is 0. The van der Waals surface area contributed by atoms with Crippen LogP contribution in [-0.4, -0.2) is 11.9 Å². The molecular formula is C18H25NO. The third kappa shape index (κ3) is 4.84. The molecule has 1 saturated carbocycles. The van der Waals surface area contributed by atoms with Crippen molar-refractivity contribution in [3.63, 3.8) is 0 Å². The molecule has 0 aliphatic heterocycles. The fourth-order valence-corrected chi connectivity index (χ4v) is 2.99. The SMILES string of the molecule is CCCC1CCC(NC(=O)/C=C/c2ccccc2)CC1. The number of rotatable bonds is 5. The fourth-order valence-electron chi connectivity index (χ4n) is 2.99. The molecule has 1 aromatic rings. The Hall–Kier alpha value is -1.57. The molecule has 0 aromatic heterocycles. The first-order valence-corrected chi connectivity index (χ1v) is 7.81. The van der Waals surface area contributed by atoms with E-state index in [9.17, 15) is 4.79 Å². The van der Waals surface area contributed by atoms with E-state index >= 15 is 0 Å². The van der Waals surface area contributed by atoms with Crippen molar-refractivity contribution in [1.82, 2.24) is 5.32 Å². The zero-order valence-electron chi connectivity index (χ0n) is 12.3. The maximum Gasteiger partial charge on any atom is 0.244 e. The van der Waals surface area contributed by atoms with Gasteiger partial charge >= 0.3 is 0 Å². The standard InChI is InChI=1S/C18H25NO/c1-2-6-15-9-12-17(13-10-15)19-18(20)14-11-16-7-4-3-5-8-16/h3-5,7-8,11,14-15,17H,2,6,9-10,12-13H2,1H3,(H,19,20)/b14-11+. The predicted octanol–water partition coefficient (Wildman–Crippen LogP) is 4.17. The summed E-state index contributed by atoms with van der Waals surface area (Å²) in [4.78, 5) is 11.9. The maximum absolute atomic E-state index is 11.9. The van der Waals surface area contributed by atoms with Crippen LogP contribution in [0.4, 0.5) is 0 Å². The van der Waals surface area contributed by atoms with E-state index in [1.807, 2.05) is 36.4 Å². The summed E-state index contributed by atoms with van der Waals surface area (Å²) >= 11 is 0. The minimum Gasteiger partial charge on any atom is -0.350 e. The third-order valence-electron chi connectivity index (χ3n) is 4.12. The Balaban J connectivity index is 1.74. The number of carbonyl (C=O) groups excluding carboxylic acids is 1. The number of benzene rings is 1. The second kappa shape index (κ2) is 7.88. The smallest absolute Gasteiger partial charge is 0.244 e. The lowest BCUT2D eigenvalue weighted by Gasteiger charge is -2.28. The molecule has 0 unspecified atom stereocenters. The number of hydrogen-bond acceptors (Lipinski definition) is 1. The summed E-state index contributed by atoms with van der Waals surface area (Å²) in [5.74, 6) is 0.917. The Kier molecular flexibility index (Phi) is 5.85. The topological polar surface area (TPSA) is 29.1 Å². The van der Waals surface area contributed by atoms with Crippen LogP contribution in [0, 0.1) is 5.92 Å². The van der Waals surface area contributed by atoms with Crippen LogP contribution in [0.15, 0.2) is 36.4 Å². The Labute approximate surface area is 122 Å². The molecule has 1 fully saturated rings.